The Labute approximate surface area is 242 Å². The zero-order valence-corrected chi connectivity index (χ0v) is 26.2. The topological polar surface area (TPSA) is 86.6 Å². The summed E-state index contributed by atoms with van der Waals surface area (Å²) in [5.41, 5.74) is -0.497. The van der Waals surface area contributed by atoms with Crippen LogP contribution in [0.2, 0.25) is 0 Å². The second kappa shape index (κ2) is 17.3. The maximum Gasteiger partial charge on any atom is 0.163 e. The molecule has 3 fully saturated rings. The summed E-state index contributed by atoms with van der Waals surface area (Å²) >= 11 is 1.55. The largest absolute Gasteiger partial charge is 0.387 e. The third-order valence-electron chi connectivity index (χ3n) is 8.46. The second-order valence-electron chi connectivity index (χ2n) is 12.5. The molecule has 3 aliphatic heterocycles. The Balaban J connectivity index is 1.31. The molecule has 0 aromatic heterocycles. The van der Waals surface area contributed by atoms with Crippen LogP contribution < -0.4 is 0 Å². The second-order valence-corrected chi connectivity index (χ2v) is 13.7. The summed E-state index contributed by atoms with van der Waals surface area (Å²) in [4.78, 5) is 0. The van der Waals surface area contributed by atoms with Crippen molar-refractivity contribution in [3.8, 4) is 0 Å². The van der Waals surface area contributed by atoms with Crippen molar-refractivity contribution in [3.05, 3.63) is 0 Å². The first kappa shape index (κ1) is 33.6. The van der Waals surface area contributed by atoms with E-state index in [-0.39, 0.29) is 18.3 Å². The Hall–Kier alpha value is 0.0700. The molecule has 230 valence electrons. The molecule has 0 saturated carbocycles. The summed E-state index contributed by atoms with van der Waals surface area (Å²) in [5.74, 6) is 0.576. The number of aliphatic hydroxyl groups is 2. The maximum absolute atomic E-state index is 10.6. The van der Waals surface area contributed by atoms with E-state index < -0.39 is 35.8 Å². The molecule has 0 bridgehead atoms. The normalized spacial score (nSPS) is 35.2. The van der Waals surface area contributed by atoms with Crippen LogP contribution in [-0.4, -0.2) is 76.7 Å². The number of fused-ring (bicyclic) bond motifs is 1. The van der Waals surface area contributed by atoms with Gasteiger partial charge in [-0.25, -0.2) is 0 Å². The Kier molecular flexibility index (Phi) is 14.8. The summed E-state index contributed by atoms with van der Waals surface area (Å²) in [6.45, 7) is 10.7. The minimum atomic E-state index is -0.986. The molecule has 2 N–H and O–H groups in total. The zero-order valence-electron chi connectivity index (χ0n) is 25.4. The molecule has 3 saturated heterocycles. The van der Waals surface area contributed by atoms with E-state index in [1.807, 2.05) is 13.8 Å². The lowest BCUT2D eigenvalue weighted by molar-refractivity contribution is -0.310. The van der Waals surface area contributed by atoms with Crippen molar-refractivity contribution in [1.82, 2.24) is 0 Å². The number of rotatable bonds is 18. The molecule has 0 aromatic carbocycles. The van der Waals surface area contributed by atoms with Crippen molar-refractivity contribution in [2.24, 2.45) is 5.92 Å². The van der Waals surface area contributed by atoms with Crippen LogP contribution in [0.3, 0.4) is 0 Å². The van der Waals surface area contributed by atoms with Crippen LogP contribution in [0, 0.1) is 5.92 Å². The summed E-state index contributed by atoms with van der Waals surface area (Å²) in [7, 11) is 0. The average molecular weight is 575 g/mol. The Morgan fingerprint density at radius 3 is 2.10 bits per heavy atom. The fourth-order valence-electron chi connectivity index (χ4n) is 6.13. The molecule has 8 heteroatoms. The molecule has 0 aliphatic carbocycles. The summed E-state index contributed by atoms with van der Waals surface area (Å²) in [6.07, 6.45) is 15.1. The van der Waals surface area contributed by atoms with Gasteiger partial charge in [-0.15, -0.1) is 11.8 Å². The smallest absolute Gasteiger partial charge is 0.163 e. The molecule has 39 heavy (non-hydrogen) atoms. The van der Waals surface area contributed by atoms with E-state index in [2.05, 4.69) is 13.8 Å². The highest BCUT2D eigenvalue weighted by Crippen LogP contribution is 2.38. The summed E-state index contributed by atoms with van der Waals surface area (Å²) in [5, 5.41) is 21.2. The van der Waals surface area contributed by atoms with Crippen LogP contribution in [0.5, 0.6) is 0 Å². The molecule has 4 unspecified atom stereocenters. The highest BCUT2D eigenvalue weighted by molar-refractivity contribution is 7.99. The molecule has 9 atom stereocenters. The maximum atomic E-state index is 10.6. The van der Waals surface area contributed by atoms with E-state index in [4.69, 9.17) is 23.7 Å². The predicted octanol–water partition coefficient (Wildman–Crippen LogP) is 6.57. The van der Waals surface area contributed by atoms with Gasteiger partial charge < -0.3 is 33.9 Å². The minimum Gasteiger partial charge on any atom is -0.387 e. The minimum absolute atomic E-state index is 0.0714. The van der Waals surface area contributed by atoms with Crippen molar-refractivity contribution in [2.45, 2.75) is 179 Å². The lowest BCUT2D eigenvalue weighted by atomic mass is 9.94. The van der Waals surface area contributed by atoms with E-state index in [1.165, 1.54) is 77.0 Å². The third-order valence-corrected chi connectivity index (χ3v) is 9.65. The standard InChI is InChI=1S/C31H58O7S/c1-6-7-8-9-10-11-12-13-14-15-16-17-18-24-28(38-31(4,5)37-24)22(2)19-20-39-30-27(33)26(32)29-25(36-30)21-34-23(3)35-29/h22-30,32-33H,6-21H2,1-5H3/t22-,23?,24?,25?,26+,27?,28-,29-,30-/m0/s1. The lowest BCUT2D eigenvalue weighted by Gasteiger charge is -2.45. The van der Waals surface area contributed by atoms with Crippen LogP contribution in [0.25, 0.3) is 0 Å². The van der Waals surface area contributed by atoms with Crippen LogP contribution in [0.1, 0.15) is 125 Å². The Bertz CT molecular complexity index is 663. The van der Waals surface area contributed by atoms with E-state index >= 15 is 0 Å². The van der Waals surface area contributed by atoms with Crippen molar-refractivity contribution in [1.29, 1.82) is 0 Å². The number of aliphatic hydroxyl groups excluding tert-OH is 2. The van der Waals surface area contributed by atoms with E-state index in [9.17, 15) is 10.2 Å². The highest BCUT2D eigenvalue weighted by atomic mass is 32.2. The van der Waals surface area contributed by atoms with E-state index in [0.29, 0.717) is 12.5 Å². The zero-order chi connectivity index (χ0) is 28.3. The van der Waals surface area contributed by atoms with Crippen LogP contribution in [-0.2, 0) is 23.7 Å². The van der Waals surface area contributed by atoms with Gasteiger partial charge in [-0.05, 0) is 45.3 Å². The van der Waals surface area contributed by atoms with Gasteiger partial charge in [0.1, 0.15) is 29.9 Å². The van der Waals surface area contributed by atoms with Gasteiger partial charge in [0.15, 0.2) is 12.1 Å². The van der Waals surface area contributed by atoms with Crippen molar-refractivity contribution in [2.75, 3.05) is 12.4 Å². The van der Waals surface area contributed by atoms with Gasteiger partial charge in [0, 0.05) is 0 Å². The first-order chi connectivity index (χ1) is 18.7. The molecule has 3 rings (SSSR count). The molecular formula is C31H58O7S. The fraction of sp³-hybridized carbons (Fsp3) is 1.00. The summed E-state index contributed by atoms with van der Waals surface area (Å²) < 4.78 is 29.9. The molecule has 0 aromatic rings. The van der Waals surface area contributed by atoms with E-state index in [0.717, 1.165) is 18.6 Å². The molecule has 7 nitrogen and oxygen atoms in total. The van der Waals surface area contributed by atoms with Crippen LogP contribution in [0.15, 0.2) is 0 Å². The van der Waals surface area contributed by atoms with Crippen molar-refractivity contribution in [3.63, 3.8) is 0 Å². The molecule has 0 radical (unpaired) electrons. The monoisotopic (exact) mass is 574 g/mol. The van der Waals surface area contributed by atoms with Gasteiger partial charge >= 0.3 is 0 Å². The van der Waals surface area contributed by atoms with Gasteiger partial charge in [-0.3, -0.25) is 0 Å². The van der Waals surface area contributed by atoms with Gasteiger partial charge in [0.25, 0.3) is 0 Å². The SMILES string of the molecule is CCCCCCCCCCCCCCC1OC(C)(C)O[C@H]1[C@@H](C)CCS[C@@H]1OC2COC(C)O[C@@H]2[C@H](O)C1O. The fourth-order valence-corrected chi connectivity index (χ4v) is 7.45. The van der Waals surface area contributed by atoms with Crippen LogP contribution >= 0.6 is 11.8 Å². The van der Waals surface area contributed by atoms with Crippen molar-refractivity contribution >= 4 is 11.8 Å². The van der Waals surface area contributed by atoms with Gasteiger partial charge in [0.05, 0.1) is 18.8 Å². The van der Waals surface area contributed by atoms with Gasteiger partial charge in [-0.1, -0.05) is 90.9 Å². The number of unbranched alkanes of at least 4 members (excludes halogenated alkanes) is 11. The van der Waals surface area contributed by atoms with Gasteiger partial charge in [0.2, 0.25) is 0 Å². The van der Waals surface area contributed by atoms with Crippen molar-refractivity contribution < 1.29 is 33.9 Å². The Morgan fingerprint density at radius 1 is 0.846 bits per heavy atom. The molecule has 0 spiro atoms. The number of hydrogen-bond donors (Lipinski definition) is 2. The number of ether oxygens (including phenoxy) is 5. The molecular weight excluding hydrogens is 516 g/mol. The molecule has 3 heterocycles. The third kappa shape index (κ3) is 11.0. The summed E-state index contributed by atoms with van der Waals surface area (Å²) in [6, 6.07) is 0. The average Bonchev–Trinajstić information content (AvgIpc) is 3.22. The molecule has 0 amide bonds. The highest BCUT2D eigenvalue weighted by Gasteiger charge is 2.48. The van der Waals surface area contributed by atoms with E-state index in [1.54, 1.807) is 18.7 Å². The number of thioether (sulfide) groups is 1. The number of hydrogen-bond acceptors (Lipinski definition) is 8. The first-order valence-corrected chi connectivity index (χ1v) is 17.0. The van der Waals surface area contributed by atoms with Crippen LogP contribution in [0.4, 0.5) is 0 Å². The van der Waals surface area contributed by atoms with Gasteiger partial charge in [-0.2, -0.15) is 0 Å². The Morgan fingerprint density at radius 2 is 1.46 bits per heavy atom. The molecule has 3 aliphatic rings. The quantitative estimate of drug-likeness (QED) is 0.178. The lowest BCUT2D eigenvalue weighted by Crippen LogP contribution is -2.61. The predicted molar refractivity (Wildman–Crippen MR) is 157 cm³/mol. The first-order valence-electron chi connectivity index (χ1n) is 16.0.